The predicted molar refractivity (Wildman–Crippen MR) is 86.7 cm³/mol. The van der Waals surface area contributed by atoms with Crippen LogP contribution in [0.25, 0.3) is 0 Å². The van der Waals surface area contributed by atoms with Crippen molar-refractivity contribution >= 4 is 0 Å². The first kappa shape index (κ1) is 14.1. The molecule has 1 aromatic carbocycles. The van der Waals surface area contributed by atoms with Crippen LogP contribution in [0.1, 0.15) is 37.7 Å². The smallest absolute Gasteiger partial charge is 0.165 e. The Hall–Kier alpha value is -1.26. The molecular formula is C19H25NO3. The average Bonchev–Trinajstić information content (AvgIpc) is 3.29. The first-order valence-electron chi connectivity index (χ1n) is 9.08. The van der Waals surface area contributed by atoms with Gasteiger partial charge in [-0.1, -0.05) is 12.1 Å². The quantitative estimate of drug-likeness (QED) is 0.879. The van der Waals surface area contributed by atoms with E-state index >= 15 is 0 Å². The largest absolute Gasteiger partial charge is 0.504 e. The molecule has 4 nitrogen and oxygen atoms in total. The van der Waals surface area contributed by atoms with E-state index in [4.69, 9.17) is 4.74 Å². The number of rotatable bonds is 2. The average molecular weight is 315 g/mol. The molecule has 3 fully saturated rings. The molecule has 1 aromatic rings. The Morgan fingerprint density at radius 3 is 2.91 bits per heavy atom. The number of piperidine rings is 1. The number of benzene rings is 1. The monoisotopic (exact) mass is 315 g/mol. The Labute approximate surface area is 137 Å². The first-order valence-corrected chi connectivity index (χ1v) is 9.08. The number of hydrogen-bond donors (Lipinski definition) is 2. The van der Waals surface area contributed by atoms with Crippen molar-refractivity contribution in [1.29, 1.82) is 0 Å². The lowest BCUT2D eigenvalue weighted by molar-refractivity contribution is -0.0793. The van der Waals surface area contributed by atoms with E-state index in [1.807, 2.05) is 6.07 Å². The van der Waals surface area contributed by atoms with Crippen molar-refractivity contribution in [1.82, 2.24) is 4.90 Å². The maximum Gasteiger partial charge on any atom is 0.165 e. The number of phenolic OH excluding ortho intramolecular Hbond substituents is 1. The van der Waals surface area contributed by atoms with Crippen LogP contribution in [0.3, 0.4) is 0 Å². The van der Waals surface area contributed by atoms with Crippen molar-refractivity contribution in [2.45, 2.75) is 49.7 Å². The number of aromatic hydroxyl groups is 1. The fraction of sp³-hybridized carbons (Fsp3) is 0.684. The number of phenols is 1. The summed E-state index contributed by atoms with van der Waals surface area (Å²) in [6, 6.07) is 5.72. The molecule has 2 aliphatic heterocycles. The van der Waals surface area contributed by atoms with Crippen molar-refractivity contribution < 1.29 is 14.9 Å². The minimum atomic E-state index is -0.423. The number of fused-ring (bicyclic) bond motifs is 1. The molecule has 4 heteroatoms. The lowest BCUT2D eigenvalue weighted by atomic mass is 9.57. The van der Waals surface area contributed by atoms with Gasteiger partial charge in [0.25, 0.3) is 0 Å². The molecule has 1 saturated heterocycles. The number of likely N-dealkylation sites (tertiary alicyclic amines) is 1. The lowest BCUT2D eigenvalue weighted by Crippen LogP contribution is -2.61. The van der Waals surface area contributed by atoms with Crippen LogP contribution in [0.4, 0.5) is 0 Å². The van der Waals surface area contributed by atoms with E-state index in [2.05, 4.69) is 11.0 Å². The maximum atomic E-state index is 10.6. The van der Waals surface area contributed by atoms with Crippen LogP contribution in [0.2, 0.25) is 0 Å². The van der Waals surface area contributed by atoms with Crippen LogP contribution in [0.15, 0.2) is 18.2 Å². The number of aliphatic hydroxyl groups is 1. The Balaban J connectivity index is 1.53. The van der Waals surface area contributed by atoms with Gasteiger partial charge in [0.2, 0.25) is 0 Å². The first-order chi connectivity index (χ1) is 11.2. The molecular weight excluding hydrogens is 290 g/mol. The predicted octanol–water partition coefficient (Wildman–Crippen LogP) is 2.28. The van der Waals surface area contributed by atoms with Crippen LogP contribution < -0.4 is 4.74 Å². The van der Waals surface area contributed by atoms with E-state index in [0.717, 1.165) is 43.8 Å². The summed E-state index contributed by atoms with van der Waals surface area (Å²) in [5, 5.41) is 20.8. The second kappa shape index (κ2) is 4.87. The molecule has 0 radical (unpaired) electrons. The number of aliphatic hydroxyl groups excluding tert-OH is 1. The number of ether oxygens (including phenoxy) is 1. The van der Waals surface area contributed by atoms with Gasteiger partial charge in [-0.15, -0.1) is 0 Å². The highest BCUT2D eigenvalue weighted by Gasteiger charge is 2.60. The van der Waals surface area contributed by atoms with Crippen molar-refractivity contribution in [3.05, 3.63) is 23.8 Å². The van der Waals surface area contributed by atoms with E-state index < -0.39 is 6.10 Å². The second-order valence-electron chi connectivity index (χ2n) is 8.03. The number of hydrogen-bond acceptors (Lipinski definition) is 4. The Bertz CT molecular complexity index is 629. The maximum absolute atomic E-state index is 10.6. The fourth-order valence-electron chi connectivity index (χ4n) is 5.37. The normalized spacial score (nSPS) is 39.3. The zero-order chi connectivity index (χ0) is 15.6. The molecule has 5 rings (SSSR count). The van der Waals surface area contributed by atoms with Crippen LogP contribution in [-0.2, 0) is 5.41 Å². The number of nitrogens with zero attached hydrogens (tertiary/aromatic N) is 1. The second-order valence-corrected chi connectivity index (χ2v) is 8.03. The molecule has 0 amide bonds. The van der Waals surface area contributed by atoms with Gasteiger partial charge in [-0.05, 0) is 56.6 Å². The number of para-hydroxylation sites is 1. The lowest BCUT2D eigenvalue weighted by Gasteiger charge is -2.52. The molecule has 2 N–H and O–H groups in total. The highest BCUT2D eigenvalue weighted by atomic mass is 16.5. The molecule has 4 atom stereocenters. The van der Waals surface area contributed by atoms with Gasteiger partial charge in [-0.3, -0.25) is 0 Å². The van der Waals surface area contributed by atoms with Gasteiger partial charge in [0.15, 0.2) is 11.5 Å². The minimum absolute atomic E-state index is 0.105. The molecule has 3 unspecified atom stereocenters. The van der Waals surface area contributed by atoms with Gasteiger partial charge in [0, 0.05) is 24.1 Å². The third-order valence-corrected chi connectivity index (χ3v) is 6.67. The SMILES string of the molecule is Oc1cccc2c1OC1[C@H](O)CCC3CN(CC4CC4)CCC231. The van der Waals surface area contributed by atoms with E-state index in [1.54, 1.807) is 6.07 Å². The van der Waals surface area contributed by atoms with Crippen molar-refractivity contribution in [2.24, 2.45) is 11.8 Å². The standard InChI is InChI=1S/C19H25NO3/c21-15-3-1-2-14-17(15)23-18-16(22)7-6-13-11-20(10-12-4-5-12)9-8-19(13,14)18/h1-3,12-13,16,18,21-22H,4-11H2/t13?,16-,18?,19?/m1/s1. The van der Waals surface area contributed by atoms with E-state index in [9.17, 15) is 10.2 Å². The van der Waals surface area contributed by atoms with E-state index in [1.165, 1.54) is 19.4 Å². The summed E-state index contributed by atoms with van der Waals surface area (Å²) >= 11 is 0. The van der Waals surface area contributed by atoms with Gasteiger partial charge < -0.3 is 19.8 Å². The van der Waals surface area contributed by atoms with Crippen LogP contribution in [0.5, 0.6) is 11.5 Å². The molecule has 0 aromatic heterocycles. The fourth-order valence-corrected chi connectivity index (χ4v) is 5.37. The zero-order valence-electron chi connectivity index (χ0n) is 13.4. The molecule has 0 bridgehead atoms. The Kier molecular flexibility index (Phi) is 2.99. The molecule has 124 valence electrons. The van der Waals surface area contributed by atoms with Gasteiger partial charge in [0.1, 0.15) is 6.10 Å². The molecule has 2 heterocycles. The molecule has 4 aliphatic rings. The third-order valence-electron chi connectivity index (χ3n) is 6.67. The van der Waals surface area contributed by atoms with Gasteiger partial charge in [-0.25, -0.2) is 0 Å². The van der Waals surface area contributed by atoms with Gasteiger partial charge in [0.05, 0.1) is 6.10 Å². The summed E-state index contributed by atoms with van der Waals surface area (Å²) in [5.41, 5.74) is 1.03. The van der Waals surface area contributed by atoms with Crippen molar-refractivity contribution in [3.63, 3.8) is 0 Å². The minimum Gasteiger partial charge on any atom is -0.504 e. The highest BCUT2D eigenvalue weighted by molar-refractivity contribution is 5.55. The van der Waals surface area contributed by atoms with Gasteiger partial charge >= 0.3 is 0 Å². The van der Waals surface area contributed by atoms with E-state index in [-0.39, 0.29) is 17.3 Å². The van der Waals surface area contributed by atoms with Crippen molar-refractivity contribution in [3.8, 4) is 11.5 Å². The van der Waals surface area contributed by atoms with E-state index in [0.29, 0.717) is 11.7 Å². The summed E-state index contributed by atoms with van der Waals surface area (Å²) < 4.78 is 6.12. The Morgan fingerprint density at radius 2 is 2.09 bits per heavy atom. The topological polar surface area (TPSA) is 52.9 Å². The molecule has 1 spiro atoms. The molecule has 2 aliphatic carbocycles. The highest BCUT2D eigenvalue weighted by Crippen LogP contribution is 2.58. The zero-order valence-corrected chi connectivity index (χ0v) is 13.4. The summed E-state index contributed by atoms with van der Waals surface area (Å²) in [6.07, 6.45) is 5.07. The van der Waals surface area contributed by atoms with Gasteiger partial charge in [-0.2, -0.15) is 0 Å². The molecule has 2 saturated carbocycles. The van der Waals surface area contributed by atoms with Crippen molar-refractivity contribution in [2.75, 3.05) is 19.6 Å². The Morgan fingerprint density at radius 1 is 1.22 bits per heavy atom. The van der Waals surface area contributed by atoms with Crippen LogP contribution >= 0.6 is 0 Å². The van der Waals surface area contributed by atoms with Crippen LogP contribution in [-0.4, -0.2) is 47.0 Å². The third kappa shape index (κ3) is 1.97. The molecule has 23 heavy (non-hydrogen) atoms. The van der Waals surface area contributed by atoms with Crippen LogP contribution in [0, 0.1) is 11.8 Å². The summed E-state index contributed by atoms with van der Waals surface area (Å²) in [7, 11) is 0. The summed E-state index contributed by atoms with van der Waals surface area (Å²) in [6.45, 7) is 3.43. The summed E-state index contributed by atoms with van der Waals surface area (Å²) in [5.74, 6) is 2.29. The summed E-state index contributed by atoms with van der Waals surface area (Å²) in [4.78, 5) is 2.63.